The van der Waals surface area contributed by atoms with Gasteiger partial charge < -0.3 is 25.4 Å². The highest BCUT2D eigenvalue weighted by atomic mass is 16.5. The van der Waals surface area contributed by atoms with Crippen molar-refractivity contribution in [2.75, 3.05) is 0 Å². The first kappa shape index (κ1) is 24.6. The van der Waals surface area contributed by atoms with Crippen molar-refractivity contribution in [3.05, 3.63) is 65.7 Å². The second-order valence-corrected chi connectivity index (χ2v) is 9.35. The summed E-state index contributed by atoms with van der Waals surface area (Å²) in [6.07, 6.45) is 4.65. The summed E-state index contributed by atoms with van der Waals surface area (Å²) >= 11 is 0. The zero-order valence-corrected chi connectivity index (χ0v) is 20.0. The number of hydrogen-bond acceptors (Lipinski definition) is 5. The quantitative estimate of drug-likeness (QED) is 0.477. The molecule has 8 nitrogen and oxygen atoms in total. The van der Waals surface area contributed by atoms with Gasteiger partial charge in [0.1, 0.15) is 18.4 Å². The van der Waals surface area contributed by atoms with E-state index in [-0.39, 0.29) is 12.5 Å². The monoisotopic (exact) mass is 479 g/mol. The van der Waals surface area contributed by atoms with Crippen molar-refractivity contribution < 1.29 is 23.9 Å². The van der Waals surface area contributed by atoms with Crippen LogP contribution in [0.25, 0.3) is 0 Å². The Bertz CT molecular complexity index is 1020. The lowest BCUT2D eigenvalue weighted by Crippen LogP contribution is -2.72. The van der Waals surface area contributed by atoms with Crippen molar-refractivity contribution in [1.82, 2.24) is 16.0 Å². The number of nitrogens with one attached hydrogen (secondary N) is 3. The fourth-order valence-corrected chi connectivity index (χ4v) is 4.58. The Labute approximate surface area is 205 Å². The third-order valence-electron chi connectivity index (χ3n) is 6.54. The molecule has 0 bridgehead atoms. The first-order chi connectivity index (χ1) is 17.0. The molecule has 2 aromatic rings. The van der Waals surface area contributed by atoms with Gasteiger partial charge in [-0.3, -0.25) is 9.59 Å². The molecule has 0 radical (unpaired) electrons. The molecule has 3 atom stereocenters. The van der Waals surface area contributed by atoms with Gasteiger partial charge in [-0.15, -0.1) is 0 Å². The van der Waals surface area contributed by atoms with Crippen molar-refractivity contribution in [3.8, 4) is 5.75 Å². The summed E-state index contributed by atoms with van der Waals surface area (Å²) in [5.41, 5.74) is 1.89. The van der Waals surface area contributed by atoms with E-state index in [1.807, 2.05) is 55.5 Å². The lowest BCUT2D eigenvalue weighted by Gasteiger charge is -2.37. The fraction of sp³-hybridized carbons (Fsp3) is 0.444. The Morgan fingerprint density at radius 3 is 2.54 bits per heavy atom. The lowest BCUT2D eigenvalue weighted by molar-refractivity contribution is -0.144. The molecule has 1 aliphatic heterocycles. The Kier molecular flexibility index (Phi) is 8.23. The summed E-state index contributed by atoms with van der Waals surface area (Å²) in [5, 5.41) is 8.18. The predicted octanol–water partition coefficient (Wildman–Crippen LogP) is 3.58. The maximum atomic E-state index is 13.2. The summed E-state index contributed by atoms with van der Waals surface area (Å²) in [5.74, 6) is 0.211. The Morgan fingerprint density at radius 2 is 1.83 bits per heavy atom. The highest BCUT2D eigenvalue weighted by Crippen LogP contribution is 2.27. The van der Waals surface area contributed by atoms with Crippen LogP contribution in [0.1, 0.15) is 49.7 Å². The van der Waals surface area contributed by atoms with Gasteiger partial charge in [0, 0.05) is 0 Å². The summed E-state index contributed by atoms with van der Waals surface area (Å²) in [6.45, 7) is 2.06. The molecule has 2 fully saturated rings. The van der Waals surface area contributed by atoms with Crippen LogP contribution in [-0.4, -0.2) is 36.2 Å². The average molecular weight is 480 g/mol. The molecular weight excluding hydrogens is 446 g/mol. The van der Waals surface area contributed by atoms with Crippen molar-refractivity contribution in [3.63, 3.8) is 0 Å². The summed E-state index contributed by atoms with van der Waals surface area (Å²) in [6, 6.07) is 15.2. The fourth-order valence-electron chi connectivity index (χ4n) is 4.58. The van der Waals surface area contributed by atoms with Gasteiger partial charge in [0.05, 0.1) is 0 Å². The standard InChI is InChI=1S/C27H33N3O5/c1-18-9-8-14-21(15-18)35-26-23(25(32)30-26)29-24(31)22(16-19-10-4-2-5-11-19)28-27(33)34-17-20-12-6-3-7-13-20/h3,6-9,12-15,19,22-23,26H,2,4-5,10-11,16-17H2,1H3,(H,28,33)(H,29,31)(H,30,32)/t22-,23+,26+/m0/s1. The molecule has 0 aromatic heterocycles. The number of carbonyl (C=O) groups excluding carboxylic acids is 3. The van der Waals surface area contributed by atoms with E-state index in [1.165, 1.54) is 6.42 Å². The normalized spacial score (nSPS) is 20.7. The van der Waals surface area contributed by atoms with Crippen LogP contribution >= 0.6 is 0 Å². The van der Waals surface area contributed by atoms with E-state index in [9.17, 15) is 14.4 Å². The number of carbonyl (C=O) groups is 3. The smallest absolute Gasteiger partial charge is 0.408 e. The minimum atomic E-state index is -0.834. The van der Waals surface area contributed by atoms with Crippen LogP contribution in [0, 0.1) is 12.8 Å². The SMILES string of the molecule is Cc1cccc(O[C@H]2NC(=O)[C@H]2NC(=O)[C@H](CC2CCCCC2)NC(=O)OCc2ccccc2)c1. The zero-order valence-electron chi connectivity index (χ0n) is 20.0. The molecule has 0 unspecified atom stereocenters. The molecule has 0 spiro atoms. The van der Waals surface area contributed by atoms with Crippen molar-refractivity contribution in [2.24, 2.45) is 5.92 Å². The predicted molar refractivity (Wildman–Crippen MR) is 130 cm³/mol. The summed E-state index contributed by atoms with van der Waals surface area (Å²) < 4.78 is 11.2. The molecule has 1 aliphatic carbocycles. The second kappa shape index (κ2) is 11.7. The summed E-state index contributed by atoms with van der Waals surface area (Å²) in [7, 11) is 0. The van der Waals surface area contributed by atoms with Crippen LogP contribution in [0.4, 0.5) is 4.79 Å². The number of hydrogen-bond donors (Lipinski definition) is 3. The number of rotatable bonds is 9. The largest absolute Gasteiger partial charge is 0.468 e. The van der Waals surface area contributed by atoms with Gasteiger partial charge >= 0.3 is 6.09 Å². The van der Waals surface area contributed by atoms with Gasteiger partial charge in [0.25, 0.3) is 5.91 Å². The molecule has 1 saturated heterocycles. The molecule has 1 saturated carbocycles. The summed E-state index contributed by atoms with van der Waals surface area (Å²) in [4.78, 5) is 37.9. The first-order valence-electron chi connectivity index (χ1n) is 12.3. The topological polar surface area (TPSA) is 106 Å². The molecule has 8 heteroatoms. The van der Waals surface area contributed by atoms with Crippen LogP contribution in [-0.2, 0) is 20.9 Å². The molecule has 1 heterocycles. The molecule has 35 heavy (non-hydrogen) atoms. The van der Waals surface area contributed by atoms with E-state index < -0.39 is 30.3 Å². The molecular formula is C27H33N3O5. The molecule has 4 rings (SSSR count). The van der Waals surface area contributed by atoms with Gasteiger partial charge in [0.2, 0.25) is 12.1 Å². The van der Waals surface area contributed by atoms with Crippen LogP contribution in [0.3, 0.4) is 0 Å². The van der Waals surface area contributed by atoms with Gasteiger partial charge in [0.15, 0.2) is 6.04 Å². The molecule has 2 aliphatic rings. The van der Waals surface area contributed by atoms with E-state index in [4.69, 9.17) is 9.47 Å². The number of benzene rings is 2. The molecule has 3 amide bonds. The minimum absolute atomic E-state index is 0.113. The van der Waals surface area contributed by atoms with Crippen LogP contribution < -0.4 is 20.7 Å². The number of aryl methyl sites for hydroxylation is 1. The van der Waals surface area contributed by atoms with E-state index in [0.29, 0.717) is 18.1 Å². The molecule has 3 N–H and O–H groups in total. The van der Waals surface area contributed by atoms with E-state index in [1.54, 1.807) is 6.07 Å². The highest BCUT2D eigenvalue weighted by molar-refractivity contribution is 5.95. The van der Waals surface area contributed by atoms with E-state index in [2.05, 4.69) is 16.0 Å². The zero-order chi connectivity index (χ0) is 24.6. The third kappa shape index (κ3) is 6.97. The highest BCUT2D eigenvalue weighted by Gasteiger charge is 2.43. The van der Waals surface area contributed by atoms with Crippen molar-refractivity contribution >= 4 is 17.9 Å². The third-order valence-corrected chi connectivity index (χ3v) is 6.54. The Hall–Kier alpha value is -3.55. The number of β-lactam (4-membered cyclic amide) rings is 1. The van der Waals surface area contributed by atoms with Crippen LogP contribution in [0.5, 0.6) is 5.75 Å². The second-order valence-electron chi connectivity index (χ2n) is 9.35. The van der Waals surface area contributed by atoms with Crippen molar-refractivity contribution in [2.45, 2.75) is 70.4 Å². The Morgan fingerprint density at radius 1 is 1.06 bits per heavy atom. The first-order valence-corrected chi connectivity index (χ1v) is 12.3. The van der Waals surface area contributed by atoms with Gasteiger partial charge in [-0.05, 0) is 42.5 Å². The maximum absolute atomic E-state index is 13.2. The van der Waals surface area contributed by atoms with Gasteiger partial charge in [-0.2, -0.15) is 0 Å². The number of alkyl carbamates (subject to hydrolysis) is 1. The number of amides is 3. The number of ether oxygens (including phenoxy) is 2. The van der Waals surface area contributed by atoms with Crippen LogP contribution in [0.2, 0.25) is 0 Å². The van der Waals surface area contributed by atoms with Crippen LogP contribution in [0.15, 0.2) is 54.6 Å². The molecule has 186 valence electrons. The van der Waals surface area contributed by atoms with Crippen molar-refractivity contribution in [1.29, 1.82) is 0 Å². The van der Waals surface area contributed by atoms with Gasteiger partial charge in [-0.1, -0.05) is 74.6 Å². The minimum Gasteiger partial charge on any atom is -0.468 e. The van der Waals surface area contributed by atoms with E-state index >= 15 is 0 Å². The van der Waals surface area contributed by atoms with Gasteiger partial charge in [-0.25, -0.2) is 4.79 Å². The lowest BCUT2D eigenvalue weighted by atomic mass is 9.84. The molecule has 2 aromatic carbocycles. The maximum Gasteiger partial charge on any atom is 0.408 e. The Balaban J connectivity index is 1.37. The van der Waals surface area contributed by atoms with E-state index in [0.717, 1.165) is 36.8 Å². The average Bonchev–Trinajstić information content (AvgIpc) is 2.86.